The molecule has 0 saturated heterocycles. The fraction of sp³-hybridized carbons (Fsp3) is 0.106. The Morgan fingerprint density at radius 3 is 2.04 bits per heavy atom. The Bertz CT molecular complexity index is 2910. The molecule has 2 aliphatic rings. The van der Waals surface area contributed by atoms with Crippen LogP contribution in [0.5, 0.6) is 0 Å². The van der Waals surface area contributed by atoms with Crippen molar-refractivity contribution in [3.8, 4) is 0 Å². The highest BCUT2D eigenvalue weighted by Gasteiger charge is 2.46. The van der Waals surface area contributed by atoms with E-state index < -0.39 is 0 Å². The van der Waals surface area contributed by atoms with Gasteiger partial charge in [-0.15, -0.1) is 0 Å². The largest absolute Gasteiger partial charge is 0.332 e. The number of rotatable bonds is 2. The molecule has 238 valence electrons. The van der Waals surface area contributed by atoms with Gasteiger partial charge in [-0.25, -0.2) is 0 Å². The number of aromatic nitrogens is 2. The topological polar surface area (TPSA) is 12.6 Å². The summed E-state index contributed by atoms with van der Waals surface area (Å²) in [6.07, 6.45) is 4.69. The molecule has 0 fully saturated rings. The Labute approximate surface area is 290 Å². The molecule has 9 aromatic rings. The maximum Gasteiger partial charge on any atom is 0.0699 e. The second-order valence-corrected chi connectivity index (χ2v) is 14.3. The predicted molar refractivity (Wildman–Crippen MR) is 210 cm³/mol. The molecule has 3 heteroatoms. The van der Waals surface area contributed by atoms with E-state index in [-0.39, 0.29) is 11.5 Å². The third kappa shape index (κ3) is 3.64. The van der Waals surface area contributed by atoms with Gasteiger partial charge >= 0.3 is 0 Å². The maximum atomic E-state index is 2.65. The quantitative estimate of drug-likeness (QED) is 0.183. The molecular formula is C47H35N3. The van der Waals surface area contributed by atoms with Crippen molar-refractivity contribution in [3.05, 3.63) is 175 Å². The third-order valence-corrected chi connectivity index (χ3v) is 11.7. The average molecular weight is 642 g/mol. The van der Waals surface area contributed by atoms with E-state index in [9.17, 15) is 0 Å². The minimum Gasteiger partial charge on any atom is -0.332 e. The zero-order valence-electron chi connectivity index (χ0n) is 27.9. The lowest BCUT2D eigenvalue weighted by atomic mass is 9.73. The van der Waals surface area contributed by atoms with Gasteiger partial charge in [0.1, 0.15) is 0 Å². The number of nitrogens with zero attached hydrogens (tertiary/aromatic N) is 3. The molecular weight excluding hydrogens is 607 g/mol. The molecule has 7 aromatic carbocycles. The maximum absolute atomic E-state index is 2.65. The van der Waals surface area contributed by atoms with Crippen molar-refractivity contribution in [2.24, 2.45) is 0 Å². The van der Waals surface area contributed by atoms with Crippen LogP contribution in [0.1, 0.15) is 31.4 Å². The van der Waals surface area contributed by atoms with Crippen LogP contribution < -0.4 is 4.90 Å². The van der Waals surface area contributed by atoms with Gasteiger partial charge in [0.2, 0.25) is 0 Å². The van der Waals surface area contributed by atoms with E-state index in [1.807, 2.05) is 0 Å². The molecule has 0 amide bonds. The first-order chi connectivity index (χ1) is 24.7. The first-order valence-corrected chi connectivity index (χ1v) is 17.8. The molecule has 1 aliphatic carbocycles. The molecule has 11 rings (SSSR count). The van der Waals surface area contributed by atoms with E-state index in [0.29, 0.717) is 0 Å². The highest BCUT2D eigenvalue weighted by molar-refractivity contribution is 6.29. The summed E-state index contributed by atoms with van der Waals surface area (Å²) >= 11 is 0. The summed E-state index contributed by atoms with van der Waals surface area (Å²) in [6.45, 7) is 2.45. The minimum atomic E-state index is -0.0704. The lowest BCUT2D eigenvalue weighted by Crippen LogP contribution is -2.32. The Balaban J connectivity index is 1.31. The van der Waals surface area contributed by atoms with Gasteiger partial charge in [-0.1, -0.05) is 109 Å². The summed E-state index contributed by atoms with van der Waals surface area (Å²) in [6, 6.07) is 58.6. The zero-order valence-corrected chi connectivity index (χ0v) is 27.9. The van der Waals surface area contributed by atoms with Crippen molar-refractivity contribution in [2.75, 3.05) is 4.90 Å². The molecule has 50 heavy (non-hydrogen) atoms. The van der Waals surface area contributed by atoms with Crippen molar-refractivity contribution in [1.29, 1.82) is 0 Å². The van der Waals surface area contributed by atoms with E-state index in [1.165, 1.54) is 82.5 Å². The van der Waals surface area contributed by atoms with Gasteiger partial charge in [0.05, 0.1) is 28.1 Å². The summed E-state index contributed by atoms with van der Waals surface area (Å²) < 4.78 is 5.20. The molecule has 0 bridgehead atoms. The standard InChI is InChI=1S/C47H35N3/c1-47-28-27-33(30-44(47)49(32-16-3-2-4-17-32)41-24-12-9-21-38(41)47)48-39-22-10-7-19-35(39)37-29-31-15-5-6-18-34(31)45-36-20-8-11-23-40(36)50(46(37)45)43-26-14-13-25-42(43)48/h2-26,29-30,33H,27-28H2,1H3. The van der Waals surface area contributed by atoms with Gasteiger partial charge in [-0.3, -0.25) is 0 Å². The van der Waals surface area contributed by atoms with E-state index in [1.54, 1.807) is 0 Å². The van der Waals surface area contributed by atoms with Crippen molar-refractivity contribution in [1.82, 2.24) is 8.97 Å². The molecule has 2 unspecified atom stereocenters. The zero-order chi connectivity index (χ0) is 33.0. The number of hydrogen-bond donors (Lipinski definition) is 0. The Morgan fingerprint density at radius 2 is 1.20 bits per heavy atom. The Hall–Kier alpha value is -6.06. The lowest BCUT2D eigenvalue weighted by Gasteiger charge is -2.37. The fourth-order valence-electron chi connectivity index (χ4n) is 9.48. The highest BCUT2D eigenvalue weighted by Crippen LogP contribution is 2.57. The predicted octanol–water partition coefficient (Wildman–Crippen LogP) is 12.4. The summed E-state index contributed by atoms with van der Waals surface area (Å²) in [7, 11) is 0. The van der Waals surface area contributed by atoms with Crippen LogP contribution >= 0.6 is 0 Å². The van der Waals surface area contributed by atoms with Crippen LogP contribution in [0.3, 0.4) is 0 Å². The third-order valence-electron chi connectivity index (χ3n) is 11.7. The summed E-state index contributed by atoms with van der Waals surface area (Å²) in [5, 5.41) is 7.72. The first kappa shape index (κ1) is 27.8. The van der Waals surface area contributed by atoms with Gasteiger partial charge in [-0.2, -0.15) is 0 Å². The Kier molecular flexibility index (Phi) is 5.70. The van der Waals surface area contributed by atoms with Gasteiger partial charge in [-0.05, 0) is 90.7 Å². The summed E-state index contributed by atoms with van der Waals surface area (Å²) in [5.41, 5.74) is 11.4. The van der Waals surface area contributed by atoms with E-state index in [2.05, 4.69) is 185 Å². The monoisotopic (exact) mass is 641 g/mol. The smallest absolute Gasteiger partial charge is 0.0699 e. The van der Waals surface area contributed by atoms with Gasteiger partial charge in [0, 0.05) is 49.5 Å². The number of anilines is 2. The molecule has 3 nitrogen and oxygen atoms in total. The Morgan fingerprint density at radius 1 is 0.560 bits per heavy atom. The lowest BCUT2D eigenvalue weighted by molar-refractivity contribution is 0.414. The molecule has 0 spiro atoms. The van der Waals surface area contributed by atoms with Crippen molar-refractivity contribution >= 4 is 71.3 Å². The molecule has 2 aromatic heterocycles. The van der Waals surface area contributed by atoms with E-state index in [0.717, 1.165) is 12.8 Å². The number of hydrogen-bond acceptors (Lipinski definition) is 1. The summed E-state index contributed by atoms with van der Waals surface area (Å²) in [5.74, 6) is 0. The minimum absolute atomic E-state index is 0.0704. The molecule has 3 heterocycles. The fourth-order valence-corrected chi connectivity index (χ4v) is 9.48. The van der Waals surface area contributed by atoms with E-state index in [4.69, 9.17) is 0 Å². The van der Waals surface area contributed by atoms with Crippen molar-refractivity contribution < 1.29 is 0 Å². The number of benzene rings is 7. The van der Waals surface area contributed by atoms with Gasteiger partial charge in [0.15, 0.2) is 0 Å². The van der Waals surface area contributed by atoms with Crippen molar-refractivity contribution in [2.45, 2.75) is 31.2 Å². The van der Waals surface area contributed by atoms with Gasteiger partial charge < -0.3 is 13.9 Å². The summed E-state index contributed by atoms with van der Waals surface area (Å²) in [4.78, 5) is 2.52. The van der Waals surface area contributed by atoms with Crippen LogP contribution in [0.2, 0.25) is 0 Å². The van der Waals surface area contributed by atoms with Crippen LogP contribution in [0.4, 0.5) is 11.4 Å². The highest BCUT2D eigenvalue weighted by atomic mass is 15.2. The van der Waals surface area contributed by atoms with Crippen LogP contribution in [0.15, 0.2) is 169 Å². The number of allylic oxidation sites excluding steroid dienone is 2. The van der Waals surface area contributed by atoms with Crippen molar-refractivity contribution in [3.63, 3.8) is 0 Å². The SMILES string of the molecule is CC12CCC(n3c4ccccc4c4cc5ccccc5c5c6ccccc6n(c6ccccc63)c45)C=C1N(c1ccccc1)c1ccccc12. The average Bonchev–Trinajstić information content (AvgIpc) is 3.65. The first-order valence-electron chi connectivity index (χ1n) is 17.8. The van der Waals surface area contributed by atoms with Crippen LogP contribution in [-0.4, -0.2) is 8.97 Å². The van der Waals surface area contributed by atoms with Crippen LogP contribution in [0, 0.1) is 0 Å². The van der Waals surface area contributed by atoms with Gasteiger partial charge in [0.25, 0.3) is 0 Å². The molecule has 1 aliphatic heterocycles. The van der Waals surface area contributed by atoms with E-state index >= 15 is 0 Å². The molecule has 0 saturated carbocycles. The number of para-hydroxylation sites is 6. The molecule has 0 N–H and O–H groups in total. The normalized spacial score (nSPS) is 18.7. The number of fused-ring (bicyclic) bond motifs is 12. The van der Waals surface area contributed by atoms with Crippen LogP contribution in [-0.2, 0) is 5.41 Å². The second kappa shape index (κ2) is 10.2. The molecule has 0 radical (unpaired) electrons. The second-order valence-electron chi connectivity index (χ2n) is 14.3. The van der Waals surface area contributed by atoms with Crippen LogP contribution in [0.25, 0.3) is 59.9 Å². The molecule has 2 atom stereocenters.